The number of carboxylic acid groups (broad SMARTS) is 1. The molecule has 2 fully saturated rings. The Kier molecular flexibility index (Phi) is 6.24. The van der Waals surface area contributed by atoms with Gasteiger partial charge in [-0.2, -0.15) is 0 Å². The molecular formula is C26H28N2O6. The number of amides is 2. The number of carboxylic acids is 1. The lowest BCUT2D eigenvalue weighted by atomic mass is 9.78. The van der Waals surface area contributed by atoms with E-state index in [0.29, 0.717) is 26.0 Å². The quantitative estimate of drug-likeness (QED) is 0.681. The fourth-order valence-electron chi connectivity index (χ4n) is 5.30. The van der Waals surface area contributed by atoms with Crippen molar-refractivity contribution in [2.24, 2.45) is 5.92 Å². The van der Waals surface area contributed by atoms with Crippen LogP contribution in [0, 0.1) is 5.92 Å². The Bertz CT molecular complexity index is 1050. The Morgan fingerprint density at radius 1 is 1.03 bits per heavy atom. The maximum Gasteiger partial charge on any atom is 0.407 e. The van der Waals surface area contributed by atoms with Crippen molar-refractivity contribution in [2.45, 2.75) is 37.3 Å². The monoisotopic (exact) mass is 464 g/mol. The number of aliphatic carboxylic acids is 1. The third-order valence-corrected chi connectivity index (χ3v) is 7.10. The number of carbonyl (C=O) groups excluding carboxylic acids is 2. The standard InChI is InChI=1S/C26H28N2O6/c29-24(28-9-10-33-15-23(28)25(30)31)13-16-11-17(12-16)27-26(32)34-14-22-20-7-3-1-5-18(20)19-6-2-4-8-21(19)22/h1-8,16-17,22-23H,9-15H2,(H,27,32)(H,30,31). The zero-order valence-corrected chi connectivity index (χ0v) is 18.8. The van der Waals surface area contributed by atoms with Gasteiger partial charge in [0.1, 0.15) is 6.61 Å². The molecule has 1 saturated carbocycles. The van der Waals surface area contributed by atoms with Gasteiger partial charge in [0.05, 0.1) is 13.2 Å². The average molecular weight is 465 g/mol. The summed E-state index contributed by atoms with van der Waals surface area (Å²) in [6.45, 7) is 0.940. The molecule has 2 aliphatic carbocycles. The highest BCUT2D eigenvalue weighted by molar-refractivity contribution is 5.84. The first-order valence-electron chi connectivity index (χ1n) is 11.7. The molecule has 2 amide bonds. The highest BCUT2D eigenvalue weighted by Gasteiger charge is 2.37. The fraction of sp³-hybridized carbons (Fsp3) is 0.423. The van der Waals surface area contributed by atoms with Gasteiger partial charge in [-0.15, -0.1) is 0 Å². The second-order valence-electron chi connectivity index (χ2n) is 9.22. The zero-order valence-electron chi connectivity index (χ0n) is 18.8. The van der Waals surface area contributed by atoms with E-state index in [1.54, 1.807) is 0 Å². The van der Waals surface area contributed by atoms with Crippen LogP contribution in [-0.4, -0.2) is 66.4 Å². The molecule has 0 bridgehead atoms. The Morgan fingerprint density at radius 3 is 2.32 bits per heavy atom. The zero-order chi connectivity index (χ0) is 23.7. The molecule has 3 aliphatic rings. The fourth-order valence-corrected chi connectivity index (χ4v) is 5.30. The minimum atomic E-state index is -1.04. The summed E-state index contributed by atoms with van der Waals surface area (Å²) in [6, 6.07) is 15.4. The van der Waals surface area contributed by atoms with Crippen LogP contribution in [0.5, 0.6) is 0 Å². The van der Waals surface area contributed by atoms with Crippen molar-refractivity contribution in [1.82, 2.24) is 10.2 Å². The van der Waals surface area contributed by atoms with E-state index in [0.717, 1.165) is 0 Å². The van der Waals surface area contributed by atoms with E-state index in [4.69, 9.17) is 9.47 Å². The SMILES string of the molecule is O=C(NC1CC(CC(=O)N2CCOCC2C(=O)O)C1)OCC1c2ccccc2-c2ccccc21. The highest BCUT2D eigenvalue weighted by atomic mass is 16.5. The average Bonchev–Trinajstić information content (AvgIpc) is 3.15. The number of ether oxygens (including phenoxy) is 2. The predicted molar refractivity (Wildman–Crippen MR) is 123 cm³/mol. The second kappa shape index (κ2) is 9.46. The molecular weight excluding hydrogens is 436 g/mol. The minimum absolute atomic E-state index is 0.0145. The van der Waals surface area contributed by atoms with Gasteiger partial charge < -0.3 is 24.8 Å². The van der Waals surface area contributed by atoms with E-state index in [9.17, 15) is 19.5 Å². The summed E-state index contributed by atoms with van der Waals surface area (Å²) in [5.74, 6) is -1.07. The Hall–Kier alpha value is -3.39. The summed E-state index contributed by atoms with van der Waals surface area (Å²) >= 11 is 0. The van der Waals surface area contributed by atoms with Gasteiger partial charge in [0, 0.05) is 24.9 Å². The molecule has 8 heteroatoms. The molecule has 1 unspecified atom stereocenters. The summed E-state index contributed by atoms with van der Waals surface area (Å²) in [5, 5.41) is 12.2. The Balaban J connectivity index is 1.09. The lowest BCUT2D eigenvalue weighted by molar-refractivity contribution is -0.159. The molecule has 2 aromatic carbocycles. The van der Waals surface area contributed by atoms with Crippen LogP contribution in [0.3, 0.4) is 0 Å². The normalized spacial score (nSPS) is 23.4. The number of nitrogens with one attached hydrogen (secondary N) is 1. The number of carbonyl (C=O) groups is 3. The van der Waals surface area contributed by atoms with Crippen LogP contribution in [0.4, 0.5) is 4.79 Å². The van der Waals surface area contributed by atoms with E-state index >= 15 is 0 Å². The largest absolute Gasteiger partial charge is 0.480 e. The van der Waals surface area contributed by atoms with Crippen LogP contribution in [0.25, 0.3) is 11.1 Å². The summed E-state index contributed by atoms with van der Waals surface area (Å²) in [5.41, 5.74) is 4.70. The van der Waals surface area contributed by atoms with E-state index in [1.807, 2.05) is 24.3 Å². The maximum atomic E-state index is 12.6. The highest BCUT2D eigenvalue weighted by Crippen LogP contribution is 2.44. The third-order valence-electron chi connectivity index (χ3n) is 7.10. The van der Waals surface area contributed by atoms with E-state index < -0.39 is 18.1 Å². The van der Waals surface area contributed by atoms with Gasteiger partial charge in [-0.1, -0.05) is 48.5 Å². The van der Waals surface area contributed by atoms with Crippen LogP contribution in [-0.2, 0) is 19.1 Å². The molecule has 5 rings (SSSR count). The van der Waals surface area contributed by atoms with Crippen molar-refractivity contribution in [1.29, 1.82) is 0 Å². The smallest absolute Gasteiger partial charge is 0.407 e. The summed E-state index contributed by atoms with van der Waals surface area (Å²) in [4.78, 5) is 37.8. The number of nitrogens with zero attached hydrogens (tertiary/aromatic N) is 1. The number of hydrogen-bond acceptors (Lipinski definition) is 5. The van der Waals surface area contributed by atoms with Gasteiger partial charge in [-0.05, 0) is 41.0 Å². The van der Waals surface area contributed by atoms with Crippen LogP contribution in [0.1, 0.15) is 36.3 Å². The molecule has 2 N–H and O–H groups in total. The third kappa shape index (κ3) is 4.37. The van der Waals surface area contributed by atoms with Gasteiger partial charge >= 0.3 is 12.1 Å². The molecule has 1 aliphatic heterocycles. The number of hydrogen-bond donors (Lipinski definition) is 2. The number of morpholine rings is 1. The minimum Gasteiger partial charge on any atom is -0.480 e. The molecule has 178 valence electrons. The van der Waals surface area contributed by atoms with Crippen LogP contribution in [0.15, 0.2) is 48.5 Å². The molecule has 8 nitrogen and oxygen atoms in total. The molecule has 2 aromatic rings. The molecule has 0 aromatic heterocycles. The van der Waals surface area contributed by atoms with Crippen molar-refractivity contribution < 1.29 is 29.0 Å². The number of fused-ring (bicyclic) bond motifs is 3. The van der Waals surface area contributed by atoms with Gasteiger partial charge in [0.15, 0.2) is 6.04 Å². The Labute approximate surface area is 197 Å². The first-order chi connectivity index (χ1) is 16.5. The number of rotatable bonds is 6. The van der Waals surface area contributed by atoms with E-state index in [1.165, 1.54) is 27.2 Å². The first-order valence-corrected chi connectivity index (χ1v) is 11.7. The summed E-state index contributed by atoms with van der Waals surface area (Å²) in [7, 11) is 0. The van der Waals surface area contributed by atoms with Crippen molar-refractivity contribution in [3.05, 3.63) is 59.7 Å². The van der Waals surface area contributed by atoms with Gasteiger partial charge in [0.2, 0.25) is 5.91 Å². The topological polar surface area (TPSA) is 105 Å². The molecule has 0 radical (unpaired) electrons. The van der Waals surface area contributed by atoms with E-state index in [-0.39, 0.29) is 43.4 Å². The van der Waals surface area contributed by atoms with Crippen molar-refractivity contribution in [2.75, 3.05) is 26.4 Å². The Morgan fingerprint density at radius 2 is 1.68 bits per heavy atom. The summed E-state index contributed by atoms with van der Waals surface area (Å²) in [6.07, 6.45) is 1.19. The lowest BCUT2D eigenvalue weighted by Gasteiger charge is -2.38. The second-order valence-corrected chi connectivity index (χ2v) is 9.22. The molecule has 1 atom stereocenters. The van der Waals surface area contributed by atoms with Crippen molar-refractivity contribution in [3.8, 4) is 11.1 Å². The molecule has 0 spiro atoms. The molecule has 1 saturated heterocycles. The molecule has 1 heterocycles. The number of benzene rings is 2. The first kappa shape index (κ1) is 22.4. The van der Waals surface area contributed by atoms with Crippen molar-refractivity contribution in [3.63, 3.8) is 0 Å². The van der Waals surface area contributed by atoms with Gasteiger partial charge in [-0.3, -0.25) is 4.79 Å². The lowest BCUT2D eigenvalue weighted by Crippen LogP contribution is -2.54. The van der Waals surface area contributed by atoms with Crippen molar-refractivity contribution >= 4 is 18.0 Å². The van der Waals surface area contributed by atoms with Crippen LogP contribution in [0.2, 0.25) is 0 Å². The maximum absolute atomic E-state index is 12.6. The van der Waals surface area contributed by atoms with Gasteiger partial charge in [-0.25, -0.2) is 9.59 Å². The van der Waals surface area contributed by atoms with Crippen LogP contribution < -0.4 is 5.32 Å². The summed E-state index contributed by atoms with van der Waals surface area (Å²) < 4.78 is 10.8. The van der Waals surface area contributed by atoms with Gasteiger partial charge in [0.25, 0.3) is 0 Å². The molecule has 34 heavy (non-hydrogen) atoms. The predicted octanol–water partition coefficient (Wildman–Crippen LogP) is 3.01. The van der Waals surface area contributed by atoms with E-state index in [2.05, 4.69) is 29.6 Å². The number of alkyl carbamates (subject to hydrolysis) is 1. The van der Waals surface area contributed by atoms with Crippen LogP contribution >= 0.6 is 0 Å².